The molecule has 2 heterocycles. The number of hydrogen-bond donors (Lipinski definition) is 4. The highest BCUT2D eigenvalue weighted by Crippen LogP contribution is 2.27. The van der Waals surface area contributed by atoms with Gasteiger partial charge in [0.25, 0.3) is 0 Å². The molecule has 192 valence electrons. The zero-order valence-corrected chi connectivity index (χ0v) is 21.2. The summed E-state index contributed by atoms with van der Waals surface area (Å²) in [5.74, 6) is 1.89. The molecular formula is C28H32N6O3. The Labute approximate surface area is 216 Å². The average molecular weight is 501 g/mol. The van der Waals surface area contributed by atoms with Crippen molar-refractivity contribution in [2.24, 2.45) is 0 Å². The summed E-state index contributed by atoms with van der Waals surface area (Å²) >= 11 is 0. The van der Waals surface area contributed by atoms with Crippen LogP contribution in [-0.4, -0.2) is 39.1 Å². The molecule has 37 heavy (non-hydrogen) atoms. The molecule has 0 aliphatic heterocycles. The van der Waals surface area contributed by atoms with Gasteiger partial charge in [0.1, 0.15) is 17.3 Å². The van der Waals surface area contributed by atoms with Crippen molar-refractivity contribution in [3.63, 3.8) is 0 Å². The molecule has 0 spiro atoms. The monoisotopic (exact) mass is 500 g/mol. The van der Waals surface area contributed by atoms with E-state index < -0.39 is 0 Å². The summed E-state index contributed by atoms with van der Waals surface area (Å²) in [5, 5.41) is 22.8. The molecule has 0 bridgehead atoms. The van der Waals surface area contributed by atoms with Gasteiger partial charge in [-0.1, -0.05) is 20.8 Å². The summed E-state index contributed by atoms with van der Waals surface area (Å²) in [6.07, 6.45) is 4.01. The minimum Gasteiger partial charge on any atom is -0.457 e. The number of hydrogen-bond acceptors (Lipinski definition) is 6. The topological polar surface area (TPSA) is 113 Å². The molecular weight excluding hydrogens is 468 g/mol. The first-order valence-corrected chi connectivity index (χ1v) is 12.1. The maximum absolute atomic E-state index is 12.9. The van der Waals surface area contributed by atoms with Gasteiger partial charge in [0, 0.05) is 48.4 Å². The number of carbonyl (C=O) groups is 1. The number of carbonyl (C=O) groups excluding carboxylic acids is 1. The predicted molar refractivity (Wildman–Crippen MR) is 146 cm³/mol. The van der Waals surface area contributed by atoms with Crippen LogP contribution in [0.5, 0.6) is 11.5 Å². The number of pyridine rings is 1. The molecule has 4 aromatic rings. The quantitative estimate of drug-likeness (QED) is 0.216. The number of nitrogens with one attached hydrogen (secondary N) is 3. The van der Waals surface area contributed by atoms with E-state index in [1.807, 2.05) is 30.3 Å². The number of nitrogens with zero attached hydrogens (tertiary/aromatic N) is 3. The first kappa shape index (κ1) is 25.7. The molecule has 0 fully saturated rings. The summed E-state index contributed by atoms with van der Waals surface area (Å²) in [7, 11) is 0. The highest BCUT2D eigenvalue weighted by molar-refractivity contribution is 5.99. The van der Waals surface area contributed by atoms with Crippen molar-refractivity contribution >= 4 is 23.2 Å². The predicted octanol–water partition coefficient (Wildman–Crippen LogP) is 5.80. The maximum Gasteiger partial charge on any atom is 0.324 e. The van der Waals surface area contributed by atoms with Crippen molar-refractivity contribution in [1.82, 2.24) is 14.8 Å². The largest absolute Gasteiger partial charge is 0.457 e. The fraction of sp³-hybridized carbons (Fsp3) is 0.250. The second-order valence-corrected chi connectivity index (χ2v) is 9.52. The van der Waals surface area contributed by atoms with Gasteiger partial charge in [0.15, 0.2) is 0 Å². The molecule has 0 radical (unpaired) electrons. The Morgan fingerprint density at radius 3 is 2.22 bits per heavy atom. The van der Waals surface area contributed by atoms with Crippen LogP contribution in [0.25, 0.3) is 5.69 Å². The van der Waals surface area contributed by atoms with Crippen LogP contribution in [0.4, 0.5) is 22.0 Å². The Hall–Kier alpha value is -4.37. The van der Waals surface area contributed by atoms with Gasteiger partial charge in [0.05, 0.1) is 11.4 Å². The number of benzene rings is 2. The average Bonchev–Trinajstić information content (AvgIpc) is 3.31. The van der Waals surface area contributed by atoms with Crippen molar-refractivity contribution in [1.29, 1.82) is 0 Å². The van der Waals surface area contributed by atoms with E-state index in [0.717, 1.165) is 17.1 Å². The van der Waals surface area contributed by atoms with Gasteiger partial charge in [0.2, 0.25) is 0 Å². The lowest BCUT2D eigenvalue weighted by Crippen LogP contribution is -2.21. The van der Waals surface area contributed by atoms with Gasteiger partial charge >= 0.3 is 6.03 Å². The van der Waals surface area contributed by atoms with Crippen LogP contribution in [0.15, 0.2) is 79.1 Å². The fourth-order valence-corrected chi connectivity index (χ4v) is 3.49. The van der Waals surface area contributed by atoms with E-state index in [1.165, 1.54) is 0 Å². The first-order valence-electron chi connectivity index (χ1n) is 12.1. The van der Waals surface area contributed by atoms with Crippen LogP contribution in [-0.2, 0) is 5.41 Å². The number of aliphatic hydroxyl groups is 1. The Morgan fingerprint density at radius 1 is 0.919 bits per heavy atom. The van der Waals surface area contributed by atoms with E-state index in [4.69, 9.17) is 14.9 Å². The highest BCUT2D eigenvalue weighted by atomic mass is 16.5. The van der Waals surface area contributed by atoms with E-state index in [1.54, 1.807) is 53.5 Å². The number of aromatic nitrogens is 3. The van der Waals surface area contributed by atoms with Crippen molar-refractivity contribution in [2.45, 2.75) is 32.6 Å². The zero-order chi connectivity index (χ0) is 26.3. The molecule has 4 rings (SSSR count). The number of amides is 2. The van der Waals surface area contributed by atoms with Crippen molar-refractivity contribution in [2.75, 3.05) is 29.1 Å². The second-order valence-electron chi connectivity index (χ2n) is 9.52. The zero-order valence-electron chi connectivity index (χ0n) is 21.2. The summed E-state index contributed by atoms with van der Waals surface area (Å²) < 4.78 is 7.50. The molecule has 4 N–H and O–H groups in total. The van der Waals surface area contributed by atoms with Crippen LogP contribution in [0, 0.1) is 0 Å². The Morgan fingerprint density at radius 2 is 1.57 bits per heavy atom. The number of anilines is 3. The second kappa shape index (κ2) is 11.6. The van der Waals surface area contributed by atoms with Gasteiger partial charge in [-0.15, -0.1) is 0 Å². The van der Waals surface area contributed by atoms with Crippen LogP contribution >= 0.6 is 0 Å². The molecule has 2 aromatic heterocycles. The molecule has 2 aromatic carbocycles. The highest BCUT2D eigenvalue weighted by Gasteiger charge is 2.21. The lowest BCUT2D eigenvalue weighted by atomic mass is 9.92. The molecule has 0 aliphatic rings. The van der Waals surface area contributed by atoms with E-state index in [0.29, 0.717) is 36.0 Å². The standard InChI is InChI=1S/C28H32N6O3/c1-28(2,3)25-19-26(34(33-25)22-9-5-20(6-10-22)30-15-4-18-35)32-27(36)31-21-7-11-23(12-8-21)37-24-13-16-29-17-14-24/h5-14,16-17,19,30,35H,4,15,18H2,1-3H3,(H2,31,32,36). The summed E-state index contributed by atoms with van der Waals surface area (Å²) in [6.45, 7) is 7.07. The SMILES string of the molecule is CC(C)(C)c1cc(NC(=O)Nc2ccc(Oc3ccncc3)cc2)n(-c2ccc(NCCCO)cc2)n1. The number of aliphatic hydroxyl groups excluding tert-OH is 1. The lowest BCUT2D eigenvalue weighted by Gasteiger charge is -2.14. The lowest BCUT2D eigenvalue weighted by molar-refractivity contribution is 0.262. The molecule has 2 amide bonds. The molecule has 0 atom stereocenters. The first-order chi connectivity index (χ1) is 17.8. The van der Waals surface area contributed by atoms with Crippen LogP contribution in [0.2, 0.25) is 0 Å². The van der Waals surface area contributed by atoms with Crippen LogP contribution in [0.3, 0.4) is 0 Å². The third-order valence-corrected chi connectivity index (χ3v) is 5.49. The van der Waals surface area contributed by atoms with Crippen molar-refractivity contribution in [3.05, 3.63) is 84.8 Å². The minimum atomic E-state index is -0.383. The molecule has 0 aliphatic carbocycles. The van der Waals surface area contributed by atoms with Gasteiger partial charge < -0.3 is 20.5 Å². The number of ether oxygens (including phenoxy) is 1. The molecule has 0 unspecified atom stereocenters. The Kier molecular flexibility index (Phi) is 8.05. The Bertz CT molecular complexity index is 1300. The van der Waals surface area contributed by atoms with Gasteiger partial charge in [-0.05, 0) is 67.1 Å². The van der Waals surface area contributed by atoms with Gasteiger partial charge in [-0.2, -0.15) is 5.10 Å². The Balaban J connectivity index is 1.46. The van der Waals surface area contributed by atoms with E-state index in [-0.39, 0.29) is 18.1 Å². The smallest absolute Gasteiger partial charge is 0.324 e. The van der Waals surface area contributed by atoms with Crippen LogP contribution in [0.1, 0.15) is 32.9 Å². The summed E-state index contributed by atoms with van der Waals surface area (Å²) in [5.41, 5.74) is 3.04. The van der Waals surface area contributed by atoms with Crippen LogP contribution < -0.4 is 20.7 Å². The van der Waals surface area contributed by atoms with Gasteiger partial charge in [-0.25, -0.2) is 9.48 Å². The number of urea groups is 1. The van der Waals surface area contributed by atoms with Gasteiger partial charge in [-0.3, -0.25) is 10.3 Å². The van der Waals surface area contributed by atoms with Crippen molar-refractivity contribution < 1.29 is 14.6 Å². The van der Waals surface area contributed by atoms with E-state index in [9.17, 15) is 4.79 Å². The molecule has 9 heteroatoms. The third-order valence-electron chi connectivity index (χ3n) is 5.49. The molecule has 0 saturated heterocycles. The molecule has 0 saturated carbocycles. The molecule has 9 nitrogen and oxygen atoms in total. The van der Waals surface area contributed by atoms with E-state index in [2.05, 4.69) is 41.7 Å². The third kappa shape index (κ3) is 7.08. The fourth-order valence-electron chi connectivity index (χ4n) is 3.49. The summed E-state index contributed by atoms with van der Waals surface area (Å²) in [6, 6.07) is 19.9. The maximum atomic E-state index is 12.9. The normalized spacial score (nSPS) is 11.1. The minimum absolute atomic E-state index is 0.147. The van der Waals surface area contributed by atoms with E-state index >= 15 is 0 Å². The number of rotatable bonds is 9. The summed E-state index contributed by atoms with van der Waals surface area (Å²) in [4.78, 5) is 16.8. The van der Waals surface area contributed by atoms with Crippen molar-refractivity contribution in [3.8, 4) is 17.2 Å².